The van der Waals surface area contributed by atoms with Crippen LogP contribution in [-0.4, -0.2) is 30.9 Å². The molecule has 0 unspecified atom stereocenters. The van der Waals surface area contributed by atoms with Crippen LogP contribution in [0.4, 0.5) is 4.39 Å². The van der Waals surface area contributed by atoms with E-state index in [9.17, 15) is 14.0 Å². The van der Waals surface area contributed by atoms with E-state index in [0.29, 0.717) is 48.2 Å². The molecule has 7 nitrogen and oxygen atoms in total. The SMILES string of the molecule is C=CCOc1c(Cl)cc(/C=c2\sc3n(c2=O)[C@H](c2ccc(F)cc2)C(C(=O)OCC)=C(c2ccccc2)N=3)cc1OC. The number of aromatic nitrogens is 1. The normalized spacial score (nSPS) is 14.7. The second kappa shape index (κ2) is 12.6. The standard InChI is InChI=1S/C32H26ClFN2O5S/c1-4-15-41-29-23(33)16-19(17-24(29)39-3)18-25-30(37)36-28(21-11-13-22(34)14-12-21)26(31(38)40-5-2)27(35-32(36)42-25)20-9-7-6-8-10-20/h4,6-14,16-18,28H,1,5,15H2,2-3H3/b25-18-/t28-/m1/s1. The lowest BCUT2D eigenvalue weighted by molar-refractivity contribution is -0.138. The number of hydrogen-bond acceptors (Lipinski definition) is 7. The zero-order valence-corrected chi connectivity index (χ0v) is 24.4. The predicted molar refractivity (Wildman–Crippen MR) is 161 cm³/mol. The van der Waals surface area contributed by atoms with E-state index in [2.05, 4.69) is 6.58 Å². The molecule has 0 fully saturated rings. The molecule has 0 N–H and O–H groups in total. The van der Waals surface area contributed by atoms with Crippen molar-refractivity contribution in [1.29, 1.82) is 0 Å². The van der Waals surface area contributed by atoms with Gasteiger partial charge in [-0.15, -0.1) is 0 Å². The van der Waals surface area contributed by atoms with Gasteiger partial charge < -0.3 is 14.2 Å². The van der Waals surface area contributed by atoms with Gasteiger partial charge in [0.1, 0.15) is 12.4 Å². The third kappa shape index (κ3) is 5.66. The van der Waals surface area contributed by atoms with Crippen LogP contribution in [0, 0.1) is 5.82 Å². The molecule has 0 radical (unpaired) electrons. The first-order chi connectivity index (χ1) is 20.4. The van der Waals surface area contributed by atoms with Crippen molar-refractivity contribution in [1.82, 2.24) is 4.57 Å². The van der Waals surface area contributed by atoms with Crippen molar-refractivity contribution < 1.29 is 23.4 Å². The lowest BCUT2D eigenvalue weighted by Crippen LogP contribution is -2.40. The molecule has 3 aromatic carbocycles. The Morgan fingerprint density at radius 1 is 1.17 bits per heavy atom. The molecule has 0 saturated heterocycles. The molecule has 0 bridgehead atoms. The Balaban J connectivity index is 1.77. The lowest BCUT2D eigenvalue weighted by atomic mass is 9.93. The van der Waals surface area contributed by atoms with E-state index >= 15 is 0 Å². The molecule has 0 saturated carbocycles. The fraction of sp³-hybridized carbons (Fsp3) is 0.156. The molecular weight excluding hydrogens is 579 g/mol. The van der Waals surface area contributed by atoms with Crippen LogP contribution >= 0.6 is 22.9 Å². The molecule has 0 spiro atoms. The van der Waals surface area contributed by atoms with Crippen LogP contribution < -0.4 is 24.4 Å². The summed E-state index contributed by atoms with van der Waals surface area (Å²) in [5.74, 6) is -0.304. The summed E-state index contributed by atoms with van der Waals surface area (Å²) in [4.78, 5) is 32.7. The molecule has 0 amide bonds. The van der Waals surface area contributed by atoms with Gasteiger partial charge in [0.25, 0.3) is 5.56 Å². The second-order valence-corrected chi connectivity index (χ2v) is 10.5. The van der Waals surface area contributed by atoms with Gasteiger partial charge >= 0.3 is 5.97 Å². The minimum absolute atomic E-state index is 0.125. The van der Waals surface area contributed by atoms with Gasteiger partial charge in [0.15, 0.2) is 16.3 Å². The molecular formula is C32H26ClFN2O5S. The Bertz CT molecular complexity index is 1860. The van der Waals surface area contributed by atoms with Crippen LogP contribution in [-0.2, 0) is 9.53 Å². The minimum atomic E-state index is -0.911. The lowest BCUT2D eigenvalue weighted by Gasteiger charge is -2.25. The number of methoxy groups -OCH3 is 1. The van der Waals surface area contributed by atoms with Gasteiger partial charge in [-0.2, -0.15) is 0 Å². The van der Waals surface area contributed by atoms with Gasteiger partial charge in [0, 0.05) is 5.56 Å². The molecule has 4 aromatic rings. The van der Waals surface area contributed by atoms with E-state index in [1.165, 1.54) is 23.8 Å². The van der Waals surface area contributed by atoms with Crippen molar-refractivity contribution in [2.24, 2.45) is 4.99 Å². The number of thiazole rings is 1. The van der Waals surface area contributed by atoms with Crippen molar-refractivity contribution >= 4 is 40.7 Å². The van der Waals surface area contributed by atoms with Crippen molar-refractivity contribution in [2.45, 2.75) is 13.0 Å². The number of ether oxygens (including phenoxy) is 3. The van der Waals surface area contributed by atoms with Gasteiger partial charge in [0.05, 0.1) is 40.6 Å². The van der Waals surface area contributed by atoms with Crippen LogP contribution in [0.5, 0.6) is 11.5 Å². The largest absolute Gasteiger partial charge is 0.493 e. The van der Waals surface area contributed by atoms with Crippen molar-refractivity contribution in [3.8, 4) is 11.5 Å². The fourth-order valence-corrected chi connectivity index (χ4v) is 5.93. The molecule has 1 aliphatic rings. The molecule has 0 aliphatic carbocycles. The van der Waals surface area contributed by atoms with Gasteiger partial charge in [-0.25, -0.2) is 14.2 Å². The number of hydrogen-bond donors (Lipinski definition) is 0. The van der Waals surface area contributed by atoms with Gasteiger partial charge in [-0.3, -0.25) is 9.36 Å². The van der Waals surface area contributed by atoms with Crippen LogP contribution in [0.3, 0.4) is 0 Å². The van der Waals surface area contributed by atoms with E-state index in [0.717, 1.165) is 11.3 Å². The first-order valence-electron chi connectivity index (χ1n) is 13.0. The predicted octanol–water partition coefficient (Wildman–Crippen LogP) is 5.30. The zero-order valence-electron chi connectivity index (χ0n) is 22.8. The fourth-order valence-electron chi connectivity index (χ4n) is 4.66. The maximum atomic E-state index is 14.0. The van der Waals surface area contributed by atoms with Crippen LogP contribution in [0.1, 0.15) is 29.7 Å². The van der Waals surface area contributed by atoms with Crippen molar-refractivity contribution in [3.05, 3.63) is 132 Å². The number of nitrogens with zero attached hydrogens (tertiary/aromatic N) is 2. The summed E-state index contributed by atoms with van der Waals surface area (Å²) in [5, 5.41) is 0.301. The molecule has 214 valence electrons. The zero-order chi connectivity index (χ0) is 29.8. The Kier molecular flexibility index (Phi) is 8.70. The van der Waals surface area contributed by atoms with E-state index in [-0.39, 0.29) is 24.3 Å². The first-order valence-corrected chi connectivity index (χ1v) is 14.2. The number of esters is 1. The highest BCUT2D eigenvalue weighted by Crippen LogP contribution is 2.37. The highest BCUT2D eigenvalue weighted by Gasteiger charge is 2.35. The Morgan fingerprint density at radius 2 is 1.90 bits per heavy atom. The third-order valence-corrected chi connectivity index (χ3v) is 7.72. The highest BCUT2D eigenvalue weighted by molar-refractivity contribution is 7.07. The monoisotopic (exact) mass is 604 g/mol. The summed E-state index contributed by atoms with van der Waals surface area (Å²) in [6.45, 7) is 5.72. The number of carbonyl (C=O) groups excluding carboxylic acids is 1. The van der Waals surface area contributed by atoms with Crippen molar-refractivity contribution in [2.75, 3.05) is 20.3 Å². The summed E-state index contributed by atoms with van der Waals surface area (Å²) >= 11 is 7.66. The molecule has 1 atom stereocenters. The van der Waals surface area contributed by atoms with E-state index < -0.39 is 17.8 Å². The molecule has 5 rings (SSSR count). The Hall–Kier alpha value is -4.47. The average molecular weight is 605 g/mol. The summed E-state index contributed by atoms with van der Waals surface area (Å²) in [5.41, 5.74) is 1.98. The van der Waals surface area contributed by atoms with Crippen LogP contribution in [0.15, 0.2) is 94.7 Å². The molecule has 42 heavy (non-hydrogen) atoms. The van der Waals surface area contributed by atoms with Gasteiger partial charge in [0.2, 0.25) is 0 Å². The summed E-state index contributed by atoms with van der Waals surface area (Å²) < 4.78 is 32.3. The molecule has 1 aromatic heterocycles. The van der Waals surface area contributed by atoms with Crippen LogP contribution in [0.2, 0.25) is 5.02 Å². The Morgan fingerprint density at radius 3 is 2.57 bits per heavy atom. The van der Waals surface area contributed by atoms with E-state index in [1.54, 1.807) is 43.3 Å². The number of rotatable bonds is 9. The van der Waals surface area contributed by atoms with E-state index in [1.807, 2.05) is 30.3 Å². The molecule has 2 heterocycles. The third-order valence-electron chi connectivity index (χ3n) is 6.45. The minimum Gasteiger partial charge on any atom is -0.493 e. The Labute approximate surface area is 250 Å². The van der Waals surface area contributed by atoms with Crippen LogP contribution in [0.25, 0.3) is 11.8 Å². The summed E-state index contributed by atoms with van der Waals surface area (Å²) in [7, 11) is 1.49. The smallest absolute Gasteiger partial charge is 0.338 e. The number of benzene rings is 3. The maximum absolute atomic E-state index is 14.0. The average Bonchev–Trinajstić information content (AvgIpc) is 3.30. The second-order valence-electron chi connectivity index (χ2n) is 9.12. The maximum Gasteiger partial charge on any atom is 0.338 e. The number of fused-ring (bicyclic) bond motifs is 1. The first kappa shape index (κ1) is 29.0. The summed E-state index contributed by atoms with van der Waals surface area (Å²) in [6.07, 6.45) is 3.27. The highest BCUT2D eigenvalue weighted by atomic mass is 35.5. The molecule has 1 aliphatic heterocycles. The summed E-state index contributed by atoms with van der Waals surface area (Å²) in [6, 6.07) is 17.3. The topological polar surface area (TPSA) is 79.1 Å². The number of carbonyl (C=O) groups is 1. The molecule has 10 heteroatoms. The van der Waals surface area contributed by atoms with Crippen molar-refractivity contribution in [3.63, 3.8) is 0 Å². The van der Waals surface area contributed by atoms with E-state index in [4.69, 9.17) is 30.8 Å². The number of halogens is 2. The van der Waals surface area contributed by atoms with Gasteiger partial charge in [-0.1, -0.05) is 78.1 Å². The van der Waals surface area contributed by atoms with Gasteiger partial charge in [-0.05, 0) is 48.4 Å². The quantitative estimate of drug-likeness (QED) is 0.191.